The second-order valence-corrected chi connectivity index (χ2v) is 19.2. The molecule has 0 N–H and O–H groups in total. The van der Waals surface area contributed by atoms with E-state index in [4.69, 9.17) is 13.9 Å². The Hall–Kier alpha value is -1.67. The summed E-state index contributed by atoms with van der Waals surface area (Å²) in [6, 6.07) is 22.1. The summed E-state index contributed by atoms with van der Waals surface area (Å²) in [7, 11) is -4.14. The quantitative estimate of drug-likeness (QED) is 0.344. The summed E-state index contributed by atoms with van der Waals surface area (Å²) in [5.74, 6) is 0.926. The molecule has 2 aromatic carbocycles. The third-order valence-corrected chi connectivity index (χ3v) is 12.0. The molecule has 1 heterocycles. The Morgan fingerprint density at radius 3 is 1.78 bits per heavy atom. The maximum absolute atomic E-state index is 6.88. The standard InChI is InChI=1S/C27H40O3Si2/c1-22(2)20-25(30-31(4,5)6)26(21-27(3)28-18-19-29-27)32(7,23-14-10-8-11-15-23)24-16-12-9-13-17-24/h8-17,20,22,26H,18-19,21H2,1-7H3/b25-20-. The van der Waals surface area contributed by atoms with Crippen molar-refractivity contribution in [1.82, 2.24) is 0 Å². The van der Waals surface area contributed by atoms with E-state index in [9.17, 15) is 0 Å². The zero-order chi connectivity index (χ0) is 23.4. The molecule has 0 aliphatic carbocycles. The van der Waals surface area contributed by atoms with Crippen molar-refractivity contribution in [2.24, 2.45) is 5.92 Å². The summed E-state index contributed by atoms with van der Waals surface area (Å²) < 4.78 is 19.2. The van der Waals surface area contributed by atoms with Crippen LogP contribution >= 0.6 is 0 Å². The van der Waals surface area contributed by atoms with Gasteiger partial charge in [0.15, 0.2) is 5.79 Å². The fourth-order valence-electron chi connectivity index (χ4n) is 4.68. The van der Waals surface area contributed by atoms with Crippen LogP contribution in [-0.4, -0.2) is 35.4 Å². The van der Waals surface area contributed by atoms with E-state index in [1.165, 1.54) is 10.4 Å². The molecule has 0 aromatic heterocycles. The first-order valence-electron chi connectivity index (χ1n) is 11.8. The van der Waals surface area contributed by atoms with E-state index >= 15 is 0 Å². The van der Waals surface area contributed by atoms with Crippen LogP contribution in [0, 0.1) is 5.92 Å². The van der Waals surface area contributed by atoms with Crippen LogP contribution in [0.5, 0.6) is 0 Å². The monoisotopic (exact) mass is 468 g/mol. The first kappa shape index (κ1) is 25.0. The highest BCUT2D eigenvalue weighted by molar-refractivity contribution is 7.02. The number of allylic oxidation sites excluding steroid dienone is 2. The Morgan fingerprint density at radius 2 is 1.38 bits per heavy atom. The maximum atomic E-state index is 6.88. The van der Waals surface area contributed by atoms with E-state index in [1.807, 2.05) is 0 Å². The zero-order valence-electron chi connectivity index (χ0n) is 20.9. The summed E-state index contributed by atoms with van der Waals surface area (Å²) in [6.07, 6.45) is 3.13. The van der Waals surface area contributed by atoms with E-state index in [0.717, 1.165) is 12.2 Å². The molecule has 0 bridgehead atoms. The largest absolute Gasteiger partial charge is 0.548 e. The van der Waals surface area contributed by atoms with Crippen LogP contribution in [0.15, 0.2) is 72.5 Å². The van der Waals surface area contributed by atoms with Crippen molar-refractivity contribution < 1.29 is 13.9 Å². The van der Waals surface area contributed by atoms with E-state index in [0.29, 0.717) is 19.1 Å². The summed E-state index contributed by atoms with van der Waals surface area (Å²) in [4.78, 5) is 0. The van der Waals surface area contributed by atoms with Crippen LogP contribution in [0.3, 0.4) is 0 Å². The van der Waals surface area contributed by atoms with Crippen LogP contribution in [0.1, 0.15) is 27.2 Å². The Morgan fingerprint density at radius 1 is 0.906 bits per heavy atom. The molecule has 0 spiro atoms. The molecule has 1 atom stereocenters. The SMILES string of the molecule is CC(C)/C=C(\O[Si](C)(C)C)C(CC1(C)OCCO1)[Si](C)(c1ccccc1)c1ccccc1. The summed E-state index contributed by atoms with van der Waals surface area (Å²) >= 11 is 0. The molecule has 1 saturated heterocycles. The lowest BCUT2D eigenvalue weighted by molar-refractivity contribution is -0.147. The van der Waals surface area contributed by atoms with Gasteiger partial charge in [-0.2, -0.15) is 0 Å². The summed E-state index contributed by atoms with van der Waals surface area (Å²) in [5.41, 5.74) is 0.185. The van der Waals surface area contributed by atoms with Crippen molar-refractivity contribution in [3.8, 4) is 0 Å². The Bertz CT molecular complexity index is 843. The minimum atomic E-state index is -2.31. The normalized spacial score (nSPS) is 18.1. The van der Waals surface area contributed by atoms with Crippen LogP contribution in [0.25, 0.3) is 0 Å². The van der Waals surface area contributed by atoms with Gasteiger partial charge in [0.1, 0.15) is 8.07 Å². The number of hydrogen-bond acceptors (Lipinski definition) is 3. The van der Waals surface area contributed by atoms with E-state index in [1.54, 1.807) is 0 Å². The van der Waals surface area contributed by atoms with Crippen molar-refractivity contribution in [3.63, 3.8) is 0 Å². The van der Waals surface area contributed by atoms with Gasteiger partial charge in [-0.1, -0.05) is 91.4 Å². The molecular weight excluding hydrogens is 428 g/mol. The molecule has 1 fully saturated rings. The fourth-order valence-corrected chi connectivity index (χ4v) is 10.1. The predicted molar refractivity (Wildman–Crippen MR) is 140 cm³/mol. The predicted octanol–water partition coefficient (Wildman–Crippen LogP) is 5.79. The first-order valence-corrected chi connectivity index (χ1v) is 17.8. The van der Waals surface area contributed by atoms with Crippen LogP contribution < -0.4 is 10.4 Å². The summed E-state index contributed by atoms with van der Waals surface area (Å²) in [5, 5.41) is 2.82. The van der Waals surface area contributed by atoms with Crippen molar-refractivity contribution in [2.45, 2.75) is 64.7 Å². The summed E-state index contributed by atoms with van der Waals surface area (Å²) in [6.45, 7) is 17.2. The highest BCUT2D eigenvalue weighted by Gasteiger charge is 2.48. The Balaban J connectivity index is 2.24. The molecule has 1 unspecified atom stereocenters. The fraction of sp³-hybridized carbons (Fsp3) is 0.481. The van der Waals surface area contributed by atoms with Gasteiger partial charge >= 0.3 is 0 Å². The van der Waals surface area contributed by atoms with E-state index in [-0.39, 0.29) is 5.54 Å². The number of benzene rings is 2. The molecule has 5 heteroatoms. The Kier molecular flexibility index (Phi) is 7.86. The van der Waals surface area contributed by atoms with Crippen molar-refractivity contribution in [2.75, 3.05) is 13.2 Å². The van der Waals surface area contributed by atoms with Gasteiger partial charge in [-0.05, 0) is 38.6 Å². The highest BCUT2D eigenvalue weighted by Crippen LogP contribution is 2.42. The van der Waals surface area contributed by atoms with Crippen molar-refractivity contribution >= 4 is 26.8 Å². The molecular formula is C27H40O3Si2. The van der Waals surface area contributed by atoms with Gasteiger partial charge in [-0.15, -0.1) is 0 Å². The number of rotatable bonds is 9. The third-order valence-electron chi connectivity index (χ3n) is 6.18. The number of ether oxygens (including phenoxy) is 2. The molecule has 1 aliphatic rings. The van der Waals surface area contributed by atoms with Crippen LogP contribution in [-0.2, 0) is 13.9 Å². The molecule has 0 saturated carbocycles. The minimum absolute atomic E-state index is 0.185. The average molecular weight is 469 g/mol. The molecule has 1 aliphatic heterocycles. The molecule has 0 amide bonds. The molecule has 0 radical (unpaired) electrons. The van der Waals surface area contributed by atoms with Gasteiger partial charge in [-0.3, -0.25) is 0 Å². The molecule has 32 heavy (non-hydrogen) atoms. The molecule has 174 valence electrons. The third kappa shape index (κ3) is 6.01. The lowest BCUT2D eigenvalue weighted by Gasteiger charge is -2.43. The van der Waals surface area contributed by atoms with E-state index < -0.39 is 22.2 Å². The minimum Gasteiger partial charge on any atom is -0.548 e. The molecule has 3 nitrogen and oxygen atoms in total. The smallest absolute Gasteiger partial charge is 0.241 e. The Labute approximate surface area is 196 Å². The topological polar surface area (TPSA) is 27.7 Å². The number of hydrogen-bond donors (Lipinski definition) is 0. The second-order valence-electron chi connectivity index (χ2n) is 10.5. The van der Waals surface area contributed by atoms with Gasteiger partial charge in [0.25, 0.3) is 0 Å². The van der Waals surface area contributed by atoms with Crippen molar-refractivity contribution in [3.05, 3.63) is 72.5 Å². The highest BCUT2D eigenvalue weighted by atomic mass is 28.4. The van der Waals surface area contributed by atoms with E-state index in [2.05, 4.69) is 114 Å². The van der Waals surface area contributed by atoms with Gasteiger partial charge in [0.2, 0.25) is 8.32 Å². The van der Waals surface area contributed by atoms with Gasteiger partial charge in [-0.25, -0.2) is 0 Å². The lowest BCUT2D eigenvalue weighted by Crippen LogP contribution is -2.61. The lowest BCUT2D eigenvalue weighted by atomic mass is 10.1. The average Bonchev–Trinajstić information content (AvgIpc) is 3.17. The van der Waals surface area contributed by atoms with Gasteiger partial charge < -0.3 is 13.9 Å². The first-order chi connectivity index (χ1) is 15.0. The molecule has 3 rings (SSSR count). The van der Waals surface area contributed by atoms with Gasteiger partial charge in [0, 0.05) is 12.0 Å². The maximum Gasteiger partial charge on any atom is 0.241 e. The second kappa shape index (κ2) is 10.1. The van der Waals surface area contributed by atoms with Crippen LogP contribution in [0.2, 0.25) is 31.7 Å². The van der Waals surface area contributed by atoms with Crippen LogP contribution in [0.4, 0.5) is 0 Å². The van der Waals surface area contributed by atoms with Gasteiger partial charge in [0.05, 0.1) is 19.0 Å². The van der Waals surface area contributed by atoms with Crippen molar-refractivity contribution in [1.29, 1.82) is 0 Å². The molecule has 2 aromatic rings. The zero-order valence-corrected chi connectivity index (χ0v) is 22.9.